The van der Waals surface area contributed by atoms with E-state index in [4.69, 9.17) is 16.7 Å². The summed E-state index contributed by atoms with van der Waals surface area (Å²) < 4.78 is 60.8. The zero-order valence-corrected chi connectivity index (χ0v) is 8.23. The highest BCUT2D eigenvalue weighted by atomic mass is 35.5. The number of halogens is 6. The summed E-state index contributed by atoms with van der Waals surface area (Å²) in [6.45, 7) is 0. The van der Waals surface area contributed by atoms with Gasteiger partial charge in [0, 0.05) is 11.8 Å². The Balaban J connectivity index is 3.19. The summed E-state index contributed by atoms with van der Waals surface area (Å²) in [5, 5.41) is 8.34. The third-order valence-corrected chi connectivity index (χ3v) is 2.07. The molecule has 1 rings (SSSR count). The van der Waals surface area contributed by atoms with Gasteiger partial charge in [-0.3, -0.25) is 0 Å². The van der Waals surface area contributed by atoms with Gasteiger partial charge in [0.2, 0.25) is 0 Å². The van der Waals surface area contributed by atoms with Crippen LogP contribution < -0.4 is 0 Å². The van der Waals surface area contributed by atoms with Crippen molar-refractivity contribution in [2.75, 3.05) is 0 Å². The summed E-state index contributed by atoms with van der Waals surface area (Å²) in [4.78, 5) is 3.10. The van der Waals surface area contributed by atoms with Gasteiger partial charge >= 0.3 is 6.18 Å². The van der Waals surface area contributed by atoms with Crippen LogP contribution in [0.25, 0.3) is 0 Å². The van der Waals surface area contributed by atoms with E-state index in [1.807, 2.05) is 0 Å². The molecule has 16 heavy (non-hydrogen) atoms. The normalized spacial score (nSPS) is 14.2. The Bertz CT molecular complexity index is 381. The third kappa shape index (κ3) is 2.79. The van der Waals surface area contributed by atoms with Crippen LogP contribution in [0.2, 0.25) is 5.15 Å². The van der Waals surface area contributed by atoms with Gasteiger partial charge in [0.15, 0.2) is 0 Å². The molecule has 1 aromatic heterocycles. The van der Waals surface area contributed by atoms with Crippen LogP contribution in [-0.4, -0.2) is 16.5 Å². The van der Waals surface area contributed by atoms with Crippen molar-refractivity contribution >= 4 is 11.6 Å². The maximum Gasteiger partial charge on any atom is 0.417 e. The van der Waals surface area contributed by atoms with Crippen LogP contribution in [0.3, 0.4) is 0 Å². The summed E-state index contributed by atoms with van der Waals surface area (Å²) in [5.74, 6) is 0. The van der Waals surface area contributed by atoms with E-state index in [2.05, 4.69) is 4.98 Å². The van der Waals surface area contributed by atoms with E-state index in [-0.39, 0.29) is 0 Å². The summed E-state index contributed by atoms with van der Waals surface area (Å²) in [7, 11) is 0. The van der Waals surface area contributed by atoms with Gasteiger partial charge < -0.3 is 5.11 Å². The van der Waals surface area contributed by atoms with E-state index in [0.29, 0.717) is 12.3 Å². The molecular weight excluding hydrogens is 257 g/mol. The summed E-state index contributed by atoms with van der Waals surface area (Å²) in [5.41, 5.74) is -1.99. The van der Waals surface area contributed by atoms with Crippen LogP contribution in [0, 0.1) is 0 Å². The number of hydrogen-bond acceptors (Lipinski definition) is 2. The monoisotopic (exact) mass is 261 g/mol. The minimum Gasteiger partial charge on any atom is -0.382 e. The molecule has 1 heterocycles. The van der Waals surface area contributed by atoms with Crippen molar-refractivity contribution in [1.82, 2.24) is 4.98 Å². The molecule has 0 fully saturated rings. The molecule has 1 N–H and O–H groups in total. The number of nitrogens with zero attached hydrogens (tertiary/aromatic N) is 1. The van der Waals surface area contributed by atoms with E-state index in [1.165, 1.54) is 0 Å². The highest BCUT2D eigenvalue weighted by Crippen LogP contribution is 2.33. The van der Waals surface area contributed by atoms with E-state index in [0.717, 1.165) is 0 Å². The van der Waals surface area contributed by atoms with Gasteiger partial charge in [-0.2, -0.15) is 13.2 Å². The second-order valence-electron chi connectivity index (χ2n) is 2.88. The average molecular weight is 262 g/mol. The fraction of sp³-hybridized carbons (Fsp3) is 0.375. The lowest BCUT2D eigenvalue weighted by atomic mass is 10.1. The van der Waals surface area contributed by atoms with Crippen molar-refractivity contribution in [2.45, 2.75) is 18.7 Å². The number of rotatable bonds is 2. The van der Waals surface area contributed by atoms with Crippen molar-refractivity contribution < 1.29 is 27.1 Å². The molecule has 90 valence electrons. The molecule has 8 heteroatoms. The van der Waals surface area contributed by atoms with Crippen LogP contribution in [0.1, 0.15) is 17.2 Å². The molecule has 1 unspecified atom stereocenters. The van der Waals surface area contributed by atoms with Gasteiger partial charge in [0.1, 0.15) is 11.3 Å². The van der Waals surface area contributed by atoms with E-state index in [9.17, 15) is 22.0 Å². The largest absolute Gasteiger partial charge is 0.417 e. The highest BCUT2D eigenvalue weighted by molar-refractivity contribution is 6.30. The fourth-order valence-electron chi connectivity index (χ4n) is 0.963. The van der Waals surface area contributed by atoms with Crippen molar-refractivity contribution in [3.8, 4) is 0 Å². The Morgan fingerprint density at radius 3 is 2.31 bits per heavy atom. The molecule has 1 atom stereocenters. The van der Waals surface area contributed by atoms with E-state index in [1.54, 1.807) is 0 Å². The zero-order valence-electron chi connectivity index (χ0n) is 7.47. The molecule has 0 aliphatic heterocycles. The molecular formula is C8H5ClF5NO. The Morgan fingerprint density at radius 2 is 1.88 bits per heavy atom. The molecule has 0 saturated carbocycles. The van der Waals surface area contributed by atoms with Crippen LogP contribution >= 0.6 is 11.6 Å². The molecule has 0 aromatic carbocycles. The van der Waals surface area contributed by atoms with Crippen molar-refractivity contribution in [1.29, 1.82) is 0 Å². The SMILES string of the molecule is OC(c1cc(C(F)(F)F)cnc1Cl)C(F)F. The second-order valence-corrected chi connectivity index (χ2v) is 3.24. The Hall–Kier alpha value is -0.950. The Kier molecular flexibility index (Phi) is 3.69. The molecule has 0 aliphatic carbocycles. The van der Waals surface area contributed by atoms with Crippen LogP contribution in [0.4, 0.5) is 22.0 Å². The smallest absolute Gasteiger partial charge is 0.382 e. The first kappa shape index (κ1) is 13.1. The van der Waals surface area contributed by atoms with Crippen LogP contribution in [-0.2, 0) is 6.18 Å². The average Bonchev–Trinajstić information content (AvgIpc) is 2.15. The minimum atomic E-state index is -4.73. The number of aliphatic hydroxyl groups is 1. The quantitative estimate of drug-likeness (QED) is 0.656. The summed E-state index contributed by atoms with van der Waals surface area (Å²) in [6, 6.07) is 0.353. The highest BCUT2D eigenvalue weighted by Gasteiger charge is 2.33. The van der Waals surface area contributed by atoms with E-state index < -0.39 is 35.0 Å². The predicted octanol–water partition coefficient (Wildman–Crippen LogP) is 3.05. The lowest BCUT2D eigenvalue weighted by molar-refractivity contribution is -0.138. The first-order chi connectivity index (χ1) is 7.23. The molecule has 0 amide bonds. The lowest BCUT2D eigenvalue weighted by Crippen LogP contribution is -2.12. The van der Waals surface area contributed by atoms with Crippen molar-refractivity contribution in [3.63, 3.8) is 0 Å². The maximum absolute atomic E-state index is 12.2. The Morgan fingerprint density at radius 1 is 1.31 bits per heavy atom. The van der Waals surface area contributed by atoms with Gasteiger partial charge in [0.05, 0.1) is 5.56 Å². The first-order valence-electron chi connectivity index (χ1n) is 3.92. The van der Waals surface area contributed by atoms with Gasteiger partial charge in [-0.25, -0.2) is 13.8 Å². The van der Waals surface area contributed by atoms with Gasteiger partial charge in [0.25, 0.3) is 6.43 Å². The zero-order chi connectivity index (χ0) is 12.5. The molecule has 0 radical (unpaired) electrons. The lowest BCUT2D eigenvalue weighted by Gasteiger charge is -2.13. The molecule has 1 aromatic rings. The third-order valence-electron chi connectivity index (χ3n) is 1.75. The molecule has 2 nitrogen and oxygen atoms in total. The van der Waals surface area contributed by atoms with Gasteiger partial charge in [-0.1, -0.05) is 11.6 Å². The minimum absolute atomic E-state index is 0.353. The van der Waals surface area contributed by atoms with Crippen molar-refractivity contribution in [3.05, 3.63) is 28.5 Å². The number of aliphatic hydroxyl groups excluding tert-OH is 1. The number of hydrogen-bond donors (Lipinski definition) is 1. The predicted molar refractivity (Wildman–Crippen MR) is 45.2 cm³/mol. The second kappa shape index (κ2) is 4.50. The van der Waals surface area contributed by atoms with E-state index >= 15 is 0 Å². The van der Waals surface area contributed by atoms with Crippen LogP contribution in [0.5, 0.6) is 0 Å². The molecule has 0 spiro atoms. The molecule has 0 saturated heterocycles. The van der Waals surface area contributed by atoms with Gasteiger partial charge in [-0.05, 0) is 6.07 Å². The van der Waals surface area contributed by atoms with Gasteiger partial charge in [-0.15, -0.1) is 0 Å². The Labute approximate surface area is 91.7 Å². The topological polar surface area (TPSA) is 33.1 Å². The number of aromatic nitrogens is 1. The maximum atomic E-state index is 12.2. The summed E-state index contributed by atoms with van der Waals surface area (Å²) >= 11 is 5.31. The summed E-state index contributed by atoms with van der Waals surface area (Å²) in [6.07, 6.45) is -9.94. The fourth-order valence-corrected chi connectivity index (χ4v) is 1.18. The molecule has 0 bridgehead atoms. The van der Waals surface area contributed by atoms with Crippen molar-refractivity contribution in [2.24, 2.45) is 0 Å². The standard InChI is InChI=1S/C8H5ClF5NO/c9-6-4(5(16)7(10)11)1-3(2-15-6)8(12,13)14/h1-2,5,7,16H. The molecule has 0 aliphatic rings. The number of pyridine rings is 1. The first-order valence-corrected chi connectivity index (χ1v) is 4.30. The number of alkyl halides is 5. The van der Waals surface area contributed by atoms with Crippen LogP contribution in [0.15, 0.2) is 12.3 Å².